The molecule has 5 rings (SSSR count). The lowest BCUT2D eigenvalue weighted by molar-refractivity contribution is -0.122. The molecule has 6 nitrogen and oxygen atoms in total. The third-order valence-corrected chi connectivity index (χ3v) is 7.85. The molecule has 194 valence electrons. The smallest absolute Gasteiger partial charge is 0.243 e. The van der Waals surface area contributed by atoms with Crippen LogP contribution in [0.5, 0.6) is 0 Å². The monoisotopic (exact) mass is 502 g/mol. The number of nitrogens with one attached hydrogen (secondary N) is 3. The van der Waals surface area contributed by atoms with Crippen LogP contribution in [0.3, 0.4) is 0 Å². The Morgan fingerprint density at radius 3 is 2.57 bits per heavy atom. The van der Waals surface area contributed by atoms with Crippen LogP contribution in [0.2, 0.25) is 0 Å². The maximum atomic E-state index is 15.9. The number of carbonyl (C=O) groups excluding carboxylic acids is 2. The van der Waals surface area contributed by atoms with Crippen molar-refractivity contribution in [1.29, 1.82) is 0 Å². The molecule has 1 fully saturated rings. The highest BCUT2D eigenvalue weighted by Gasteiger charge is 2.66. The van der Waals surface area contributed by atoms with Crippen molar-refractivity contribution >= 4 is 23.3 Å². The van der Waals surface area contributed by atoms with Crippen LogP contribution in [-0.4, -0.2) is 28.5 Å². The molecule has 0 aliphatic carbocycles. The Bertz CT molecular complexity index is 1390. The Morgan fingerprint density at radius 2 is 1.89 bits per heavy atom. The minimum absolute atomic E-state index is 0.155. The Labute approximate surface area is 217 Å². The van der Waals surface area contributed by atoms with E-state index >= 15 is 4.39 Å². The highest BCUT2D eigenvalue weighted by Crippen LogP contribution is 2.57. The van der Waals surface area contributed by atoms with Crippen LogP contribution in [0.4, 0.5) is 15.9 Å². The lowest BCUT2D eigenvalue weighted by Gasteiger charge is -2.37. The van der Waals surface area contributed by atoms with Gasteiger partial charge in [-0.3, -0.25) is 9.59 Å². The first-order valence-electron chi connectivity index (χ1n) is 12.8. The number of rotatable bonds is 4. The van der Waals surface area contributed by atoms with Crippen molar-refractivity contribution in [1.82, 2.24) is 9.88 Å². The quantitative estimate of drug-likeness (QED) is 0.461. The van der Waals surface area contributed by atoms with Gasteiger partial charge in [0.1, 0.15) is 17.1 Å². The fourth-order valence-corrected chi connectivity index (χ4v) is 6.24. The van der Waals surface area contributed by atoms with Crippen molar-refractivity contribution in [3.8, 4) is 0 Å². The molecule has 1 aromatic heterocycles. The summed E-state index contributed by atoms with van der Waals surface area (Å²) in [6, 6.07) is 13.6. The summed E-state index contributed by atoms with van der Waals surface area (Å²) in [6.45, 7) is 10.0. The van der Waals surface area contributed by atoms with Gasteiger partial charge >= 0.3 is 0 Å². The van der Waals surface area contributed by atoms with Gasteiger partial charge in [-0.05, 0) is 66.1 Å². The van der Waals surface area contributed by atoms with Crippen molar-refractivity contribution < 1.29 is 14.0 Å². The van der Waals surface area contributed by atoms with Gasteiger partial charge in [0.05, 0.1) is 6.04 Å². The molecular formula is C30H35FN4O2. The summed E-state index contributed by atoms with van der Waals surface area (Å²) in [6.07, 6.45) is 2.47. The molecule has 2 aliphatic heterocycles. The predicted molar refractivity (Wildman–Crippen MR) is 144 cm³/mol. The van der Waals surface area contributed by atoms with Crippen molar-refractivity contribution in [2.75, 3.05) is 10.6 Å². The summed E-state index contributed by atoms with van der Waals surface area (Å²) >= 11 is 0. The minimum Gasteiger partial charge on any atom is -0.338 e. The normalized spacial score (nSPS) is 24.8. The Kier molecular flexibility index (Phi) is 6.02. The van der Waals surface area contributed by atoms with Crippen molar-refractivity contribution in [3.63, 3.8) is 0 Å². The second-order valence-corrected chi connectivity index (χ2v) is 11.8. The van der Waals surface area contributed by atoms with Gasteiger partial charge in [-0.15, -0.1) is 0 Å². The second kappa shape index (κ2) is 8.84. The number of halogens is 1. The fourth-order valence-electron chi connectivity index (χ4n) is 6.24. The van der Waals surface area contributed by atoms with Gasteiger partial charge in [-0.1, -0.05) is 51.1 Å². The van der Waals surface area contributed by atoms with Crippen LogP contribution >= 0.6 is 0 Å². The number of benzene rings is 2. The van der Waals surface area contributed by atoms with Crippen LogP contribution in [0.1, 0.15) is 55.4 Å². The van der Waals surface area contributed by atoms with E-state index in [1.165, 1.54) is 0 Å². The number of aryl methyl sites for hydroxylation is 3. The Balaban J connectivity index is 1.75. The molecule has 2 aromatic carbocycles. The van der Waals surface area contributed by atoms with Crippen molar-refractivity contribution in [2.45, 2.75) is 64.5 Å². The molecule has 0 radical (unpaired) electrons. The van der Waals surface area contributed by atoms with E-state index in [1.54, 1.807) is 25.1 Å². The topological polar surface area (TPSA) is 75.2 Å². The third kappa shape index (κ3) is 4.06. The maximum Gasteiger partial charge on any atom is 0.243 e. The Hall–Kier alpha value is -3.45. The van der Waals surface area contributed by atoms with E-state index in [0.717, 1.165) is 16.8 Å². The summed E-state index contributed by atoms with van der Waals surface area (Å²) < 4.78 is 17.7. The molecule has 4 atom stereocenters. The lowest BCUT2D eigenvalue weighted by atomic mass is 9.62. The van der Waals surface area contributed by atoms with Gasteiger partial charge in [0, 0.05) is 30.9 Å². The molecule has 37 heavy (non-hydrogen) atoms. The zero-order chi connectivity index (χ0) is 26.7. The van der Waals surface area contributed by atoms with E-state index in [2.05, 4.69) is 36.7 Å². The molecule has 7 heteroatoms. The number of nitrogens with zero attached hydrogens (tertiary/aromatic N) is 1. The second-order valence-electron chi connectivity index (χ2n) is 11.8. The SMILES string of the molecule is Cc1ccc2c(c1)NC(=O)[C@@]21C(CC(C)(C)C)N[C@@H](C(=O)Nc2cccn2C)C1c1cccc(C)c1F. The van der Waals surface area contributed by atoms with E-state index in [9.17, 15) is 9.59 Å². The molecule has 2 aliphatic rings. The summed E-state index contributed by atoms with van der Waals surface area (Å²) in [5.74, 6) is -0.999. The molecule has 3 N–H and O–H groups in total. The number of amides is 2. The number of anilines is 2. The molecule has 0 saturated carbocycles. The number of fused-ring (bicyclic) bond motifs is 2. The van der Waals surface area contributed by atoms with Gasteiger partial charge in [0.2, 0.25) is 11.8 Å². The van der Waals surface area contributed by atoms with Crippen LogP contribution < -0.4 is 16.0 Å². The zero-order valence-corrected chi connectivity index (χ0v) is 22.3. The number of hydrogen-bond acceptors (Lipinski definition) is 3. The summed E-state index contributed by atoms with van der Waals surface area (Å²) in [4.78, 5) is 28.1. The lowest BCUT2D eigenvalue weighted by Crippen LogP contribution is -2.49. The van der Waals surface area contributed by atoms with Crippen LogP contribution in [-0.2, 0) is 22.1 Å². The van der Waals surface area contributed by atoms with Gasteiger partial charge in [0.15, 0.2) is 0 Å². The highest BCUT2D eigenvalue weighted by atomic mass is 19.1. The van der Waals surface area contributed by atoms with E-state index in [0.29, 0.717) is 23.4 Å². The largest absolute Gasteiger partial charge is 0.338 e. The molecule has 3 aromatic rings. The molecule has 1 saturated heterocycles. The predicted octanol–water partition coefficient (Wildman–Crippen LogP) is 5.17. The van der Waals surface area contributed by atoms with Gasteiger partial charge in [-0.25, -0.2) is 4.39 Å². The van der Waals surface area contributed by atoms with Crippen LogP contribution in [0.25, 0.3) is 0 Å². The van der Waals surface area contributed by atoms with Crippen molar-refractivity contribution in [3.05, 3.63) is 82.8 Å². The zero-order valence-electron chi connectivity index (χ0n) is 22.3. The minimum atomic E-state index is -1.17. The summed E-state index contributed by atoms with van der Waals surface area (Å²) in [7, 11) is 1.85. The van der Waals surface area contributed by atoms with Gasteiger partial charge < -0.3 is 20.5 Å². The number of aromatic nitrogens is 1. The molecular weight excluding hydrogens is 467 g/mol. The highest BCUT2D eigenvalue weighted by molar-refractivity contribution is 6.10. The standard InChI is InChI=1S/C30H35FN4O2/c1-17-12-13-20-21(15-17)32-28(37)30(20)22(16-29(3,4)5)33-26(27(36)34-23-11-8-14-35(23)6)24(30)19-10-7-9-18(2)25(19)31/h7-15,22,24,26,33H,16H2,1-6H3,(H,32,37)(H,34,36)/t22?,24?,26-,30-/m1/s1. The van der Waals surface area contributed by atoms with E-state index in [4.69, 9.17) is 0 Å². The first-order chi connectivity index (χ1) is 17.4. The molecule has 3 heterocycles. The Morgan fingerprint density at radius 1 is 1.14 bits per heavy atom. The average molecular weight is 503 g/mol. The number of hydrogen-bond donors (Lipinski definition) is 3. The van der Waals surface area contributed by atoms with E-state index < -0.39 is 23.4 Å². The molecule has 2 amide bonds. The fraction of sp³-hybridized carbons (Fsp3) is 0.400. The van der Waals surface area contributed by atoms with Gasteiger partial charge in [-0.2, -0.15) is 0 Å². The first-order valence-corrected chi connectivity index (χ1v) is 12.8. The summed E-state index contributed by atoms with van der Waals surface area (Å²) in [5.41, 5.74) is 2.09. The molecule has 0 bridgehead atoms. The van der Waals surface area contributed by atoms with Crippen LogP contribution in [0, 0.1) is 25.1 Å². The van der Waals surface area contributed by atoms with E-state index in [-0.39, 0.29) is 23.0 Å². The first kappa shape index (κ1) is 25.2. The maximum absolute atomic E-state index is 15.9. The van der Waals surface area contributed by atoms with E-state index in [1.807, 2.05) is 55.1 Å². The van der Waals surface area contributed by atoms with Crippen LogP contribution in [0.15, 0.2) is 54.7 Å². The van der Waals surface area contributed by atoms with Crippen molar-refractivity contribution in [2.24, 2.45) is 12.5 Å². The molecule has 1 spiro atoms. The number of carbonyl (C=O) groups is 2. The third-order valence-electron chi connectivity index (χ3n) is 7.85. The average Bonchev–Trinajstić information content (AvgIpc) is 3.44. The summed E-state index contributed by atoms with van der Waals surface area (Å²) in [5, 5.41) is 9.65. The molecule has 2 unspecified atom stereocenters. The van der Waals surface area contributed by atoms with Gasteiger partial charge in [0.25, 0.3) is 0 Å².